The summed E-state index contributed by atoms with van der Waals surface area (Å²) in [5, 5.41) is 16.2. The zero-order valence-electron chi connectivity index (χ0n) is 16.1. The van der Waals surface area contributed by atoms with Crippen LogP contribution in [0.4, 0.5) is 0 Å². The lowest BCUT2D eigenvalue weighted by molar-refractivity contribution is -0.129. The number of aromatic nitrogens is 4. The molecule has 1 atom stereocenters. The maximum atomic E-state index is 13.0. The van der Waals surface area contributed by atoms with E-state index in [1.54, 1.807) is 4.52 Å². The minimum Gasteiger partial charge on any atom is -0.352 e. The molecule has 0 radical (unpaired) electrons. The third-order valence-electron chi connectivity index (χ3n) is 4.83. The fourth-order valence-electron chi connectivity index (χ4n) is 3.32. The van der Waals surface area contributed by atoms with Gasteiger partial charge >= 0.3 is 0 Å². The van der Waals surface area contributed by atoms with E-state index in [2.05, 4.69) is 20.6 Å². The van der Waals surface area contributed by atoms with E-state index in [1.165, 1.54) is 11.8 Å². The summed E-state index contributed by atoms with van der Waals surface area (Å²) in [4.78, 5) is 26.4. The Morgan fingerprint density at radius 2 is 2.07 bits per heavy atom. The van der Waals surface area contributed by atoms with Crippen LogP contribution in [-0.2, 0) is 16.1 Å². The number of nitrogens with one attached hydrogen (secondary N) is 1. The predicted octanol–water partition coefficient (Wildman–Crippen LogP) is 1.83. The first-order valence-electron chi connectivity index (χ1n) is 9.51. The number of carbonyl (C=O) groups is 2. The topological polar surface area (TPSA) is 92.5 Å². The maximum absolute atomic E-state index is 13.0. The number of amides is 2. The molecular weight excluding hydrogens is 388 g/mol. The van der Waals surface area contributed by atoms with Gasteiger partial charge in [0.2, 0.25) is 11.8 Å². The summed E-state index contributed by atoms with van der Waals surface area (Å²) in [6.45, 7) is 2.87. The molecule has 1 saturated heterocycles. The summed E-state index contributed by atoms with van der Waals surface area (Å²) in [7, 11) is 0. The van der Waals surface area contributed by atoms with Gasteiger partial charge in [-0.1, -0.05) is 42.1 Å². The van der Waals surface area contributed by atoms with Crippen molar-refractivity contribution in [2.75, 3.05) is 12.3 Å². The summed E-state index contributed by atoms with van der Waals surface area (Å²) >= 11 is 1.39. The second-order valence-corrected chi connectivity index (χ2v) is 8.04. The smallest absolute Gasteiger partial charge is 0.233 e. The van der Waals surface area contributed by atoms with Crippen LogP contribution in [-0.4, -0.2) is 54.9 Å². The van der Waals surface area contributed by atoms with Crippen LogP contribution in [0, 0.1) is 6.92 Å². The van der Waals surface area contributed by atoms with Gasteiger partial charge in [-0.3, -0.25) is 9.59 Å². The first-order chi connectivity index (χ1) is 14.1. The van der Waals surface area contributed by atoms with E-state index in [-0.39, 0.29) is 23.6 Å². The highest BCUT2D eigenvalue weighted by molar-refractivity contribution is 7.99. The third-order valence-corrected chi connectivity index (χ3v) is 5.74. The van der Waals surface area contributed by atoms with E-state index < -0.39 is 0 Å². The Morgan fingerprint density at radius 3 is 2.83 bits per heavy atom. The SMILES string of the molecule is Cc1nnc2ccc(SCC(=O)N(Cc3ccccc3)C[C@@H]3CCC(=O)N3)nn12. The third kappa shape index (κ3) is 4.73. The van der Waals surface area contributed by atoms with Crippen LogP contribution >= 0.6 is 11.8 Å². The van der Waals surface area contributed by atoms with E-state index in [4.69, 9.17) is 0 Å². The Labute approximate surface area is 172 Å². The highest BCUT2D eigenvalue weighted by atomic mass is 32.2. The summed E-state index contributed by atoms with van der Waals surface area (Å²) in [5.41, 5.74) is 1.75. The molecule has 2 amide bonds. The van der Waals surface area contributed by atoms with Crippen molar-refractivity contribution < 1.29 is 9.59 Å². The molecular formula is C20H22N6O2S. The second kappa shape index (κ2) is 8.60. The van der Waals surface area contributed by atoms with Crippen LogP contribution < -0.4 is 5.32 Å². The summed E-state index contributed by atoms with van der Waals surface area (Å²) in [6, 6.07) is 13.6. The van der Waals surface area contributed by atoms with E-state index in [0.29, 0.717) is 31.0 Å². The lowest BCUT2D eigenvalue weighted by Crippen LogP contribution is -2.42. The number of rotatable bonds is 7. The van der Waals surface area contributed by atoms with Crippen molar-refractivity contribution in [3.05, 3.63) is 53.9 Å². The molecule has 1 aromatic carbocycles. The van der Waals surface area contributed by atoms with Gasteiger partial charge in [0, 0.05) is 25.6 Å². The molecule has 0 bridgehead atoms. The van der Waals surface area contributed by atoms with Crippen LogP contribution in [0.15, 0.2) is 47.5 Å². The molecule has 9 heteroatoms. The van der Waals surface area contributed by atoms with Crippen molar-refractivity contribution in [3.8, 4) is 0 Å². The number of benzene rings is 1. The van der Waals surface area contributed by atoms with E-state index in [9.17, 15) is 9.59 Å². The first kappa shape index (κ1) is 19.4. The zero-order valence-corrected chi connectivity index (χ0v) is 16.9. The van der Waals surface area contributed by atoms with Crippen LogP contribution in [0.25, 0.3) is 5.65 Å². The lowest BCUT2D eigenvalue weighted by Gasteiger charge is -2.26. The molecule has 0 aliphatic carbocycles. The Bertz CT molecular complexity index is 1020. The fraction of sp³-hybridized carbons (Fsp3) is 0.350. The molecule has 1 aliphatic rings. The van der Waals surface area contributed by atoms with E-state index in [1.807, 2.05) is 54.3 Å². The number of fused-ring (bicyclic) bond motifs is 1. The van der Waals surface area contributed by atoms with Gasteiger partial charge in [0.15, 0.2) is 11.5 Å². The van der Waals surface area contributed by atoms with Crippen molar-refractivity contribution in [3.63, 3.8) is 0 Å². The van der Waals surface area contributed by atoms with E-state index in [0.717, 1.165) is 17.0 Å². The van der Waals surface area contributed by atoms with E-state index >= 15 is 0 Å². The Balaban J connectivity index is 1.44. The molecule has 1 N–H and O–H groups in total. The average Bonchev–Trinajstić information content (AvgIpc) is 3.31. The average molecular weight is 411 g/mol. The van der Waals surface area contributed by atoms with Crippen molar-refractivity contribution in [1.29, 1.82) is 0 Å². The van der Waals surface area contributed by atoms with Gasteiger partial charge < -0.3 is 10.2 Å². The molecule has 0 saturated carbocycles. The largest absolute Gasteiger partial charge is 0.352 e. The lowest BCUT2D eigenvalue weighted by atomic mass is 10.1. The number of aryl methyl sites for hydroxylation is 1. The van der Waals surface area contributed by atoms with Crippen molar-refractivity contribution in [1.82, 2.24) is 30.0 Å². The van der Waals surface area contributed by atoms with Gasteiger partial charge in [-0.05, 0) is 31.0 Å². The van der Waals surface area contributed by atoms with Gasteiger partial charge in [0.1, 0.15) is 5.03 Å². The molecule has 4 rings (SSSR count). The Hall–Kier alpha value is -2.94. The molecule has 1 aliphatic heterocycles. The normalized spacial score (nSPS) is 16.2. The van der Waals surface area contributed by atoms with Gasteiger partial charge in [-0.25, -0.2) is 0 Å². The molecule has 2 aromatic heterocycles. The number of hydrogen-bond acceptors (Lipinski definition) is 6. The Kier molecular flexibility index (Phi) is 5.75. The zero-order chi connectivity index (χ0) is 20.2. The minimum atomic E-state index is 0.00862. The standard InChI is InChI=1S/C20H22N6O2S/c1-14-22-23-17-8-10-19(24-26(14)17)29-13-20(28)25(11-15-5-3-2-4-6-15)12-16-7-9-18(27)21-16/h2-6,8,10,16H,7,9,11-13H2,1H3,(H,21,27)/t16-/m0/s1. The van der Waals surface area contributed by atoms with Gasteiger partial charge in [0.25, 0.3) is 0 Å². The Morgan fingerprint density at radius 1 is 1.24 bits per heavy atom. The molecule has 3 aromatic rings. The molecule has 29 heavy (non-hydrogen) atoms. The summed E-state index contributed by atoms with van der Waals surface area (Å²) < 4.78 is 1.67. The van der Waals surface area contributed by atoms with Crippen LogP contribution in [0.1, 0.15) is 24.2 Å². The van der Waals surface area contributed by atoms with Gasteiger partial charge in [-0.15, -0.1) is 10.2 Å². The fourth-order valence-corrected chi connectivity index (χ4v) is 4.08. The molecule has 0 unspecified atom stereocenters. The van der Waals surface area contributed by atoms with Crippen molar-refractivity contribution in [2.24, 2.45) is 0 Å². The molecule has 150 valence electrons. The number of hydrogen-bond donors (Lipinski definition) is 1. The molecule has 8 nitrogen and oxygen atoms in total. The van der Waals surface area contributed by atoms with Crippen LogP contribution in [0.3, 0.4) is 0 Å². The highest BCUT2D eigenvalue weighted by Gasteiger charge is 2.25. The molecule has 0 spiro atoms. The highest BCUT2D eigenvalue weighted by Crippen LogP contribution is 2.18. The number of nitrogens with zero attached hydrogens (tertiary/aromatic N) is 5. The van der Waals surface area contributed by atoms with Crippen molar-refractivity contribution >= 4 is 29.2 Å². The minimum absolute atomic E-state index is 0.00862. The van der Waals surface area contributed by atoms with Crippen molar-refractivity contribution in [2.45, 2.75) is 37.4 Å². The monoisotopic (exact) mass is 410 g/mol. The first-order valence-corrected chi connectivity index (χ1v) is 10.5. The quantitative estimate of drug-likeness (QED) is 0.598. The van der Waals surface area contributed by atoms with Crippen LogP contribution in [0.5, 0.6) is 0 Å². The summed E-state index contributed by atoms with van der Waals surface area (Å²) in [6.07, 6.45) is 1.28. The number of thioether (sulfide) groups is 1. The van der Waals surface area contributed by atoms with Gasteiger partial charge in [-0.2, -0.15) is 9.61 Å². The second-order valence-electron chi connectivity index (χ2n) is 7.04. The van der Waals surface area contributed by atoms with Gasteiger partial charge in [0.05, 0.1) is 5.75 Å². The summed E-state index contributed by atoms with van der Waals surface area (Å²) in [5.74, 6) is 1.05. The molecule has 3 heterocycles. The number of carbonyl (C=O) groups excluding carboxylic acids is 2. The predicted molar refractivity (Wildman–Crippen MR) is 109 cm³/mol. The van der Waals surface area contributed by atoms with Crippen LogP contribution in [0.2, 0.25) is 0 Å². The molecule has 1 fully saturated rings. The maximum Gasteiger partial charge on any atom is 0.233 e.